The molecular weight excluding hydrogens is 274 g/mol. The Kier molecular flexibility index (Phi) is 6.98. The SMILES string of the molecule is CCC1CCN(C(=O)NCCCCC(N)=O)C(C(=O)O)C1. The molecule has 120 valence electrons. The van der Waals surface area contributed by atoms with Crippen LogP contribution in [0.3, 0.4) is 0 Å². The molecule has 7 nitrogen and oxygen atoms in total. The molecule has 3 amide bonds. The van der Waals surface area contributed by atoms with E-state index < -0.39 is 12.0 Å². The highest BCUT2D eigenvalue weighted by atomic mass is 16.4. The summed E-state index contributed by atoms with van der Waals surface area (Å²) in [6, 6.07) is -1.08. The molecule has 0 aromatic rings. The molecule has 1 fully saturated rings. The van der Waals surface area contributed by atoms with Crippen LogP contribution in [-0.2, 0) is 9.59 Å². The van der Waals surface area contributed by atoms with Crippen LogP contribution in [0.25, 0.3) is 0 Å². The van der Waals surface area contributed by atoms with Crippen molar-refractivity contribution in [1.29, 1.82) is 0 Å². The second-order valence-electron chi connectivity index (χ2n) is 5.50. The molecule has 1 aliphatic heterocycles. The van der Waals surface area contributed by atoms with Gasteiger partial charge >= 0.3 is 12.0 Å². The van der Waals surface area contributed by atoms with E-state index in [9.17, 15) is 19.5 Å². The number of nitrogens with two attached hydrogens (primary N) is 1. The third-order valence-electron chi connectivity index (χ3n) is 3.96. The minimum atomic E-state index is -0.947. The molecule has 7 heteroatoms. The Bertz CT molecular complexity index is 386. The van der Waals surface area contributed by atoms with Gasteiger partial charge in [0.2, 0.25) is 5.91 Å². The van der Waals surface area contributed by atoms with Gasteiger partial charge in [0.05, 0.1) is 0 Å². The zero-order valence-corrected chi connectivity index (χ0v) is 12.5. The average molecular weight is 299 g/mol. The molecule has 0 spiro atoms. The van der Waals surface area contributed by atoms with Crippen LogP contribution in [0.1, 0.15) is 45.4 Å². The number of hydrogen-bond donors (Lipinski definition) is 3. The monoisotopic (exact) mass is 299 g/mol. The van der Waals surface area contributed by atoms with Gasteiger partial charge in [0, 0.05) is 19.5 Å². The fourth-order valence-corrected chi connectivity index (χ4v) is 2.61. The lowest BCUT2D eigenvalue weighted by Crippen LogP contribution is -2.53. The second kappa shape index (κ2) is 8.49. The molecule has 4 N–H and O–H groups in total. The number of primary amides is 1. The van der Waals surface area contributed by atoms with Gasteiger partial charge in [-0.3, -0.25) is 4.79 Å². The number of aliphatic carboxylic acids is 1. The highest BCUT2D eigenvalue weighted by Gasteiger charge is 2.35. The van der Waals surface area contributed by atoms with E-state index in [1.165, 1.54) is 4.90 Å². The van der Waals surface area contributed by atoms with Gasteiger partial charge in [0.25, 0.3) is 0 Å². The normalized spacial score (nSPS) is 21.9. The lowest BCUT2D eigenvalue weighted by molar-refractivity contribution is -0.144. The number of carbonyl (C=O) groups excluding carboxylic acids is 2. The van der Waals surface area contributed by atoms with Crippen molar-refractivity contribution in [3.63, 3.8) is 0 Å². The molecule has 0 saturated carbocycles. The number of urea groups is 1. The maximum atomic E-state index is 12.1. The molecule has 0 bridgehead atoms. The van der Waals surface area contributed by atoms with E-state index in [1.807, 2.05) is 6.92 Å². The average Bonchev–Trinajstić information content (AvgIpc) is 2.45. The summed E-state index contributed by atoms with van der Waals surface area (Å²) in [5.41, 5.74) is 5.03. The van der Waals surface area contributed by atoms with Crippen LogP contribution in [0.5, 0.6) is 0 Å². The Morgan fingerprint density at radius 3 is 2.62 bits per heavy atom. The Balaban J connectivity index is 2.40. The number of likely N-dealkylation sites (tertiary alicyclic amines) is 1. The third kappa shape index (κ3) is 5.61. The van der Waals surface area contributed by atoms with Gasteiger partial charge in [-0.15, -0.1) is 0 Å². The van der Waals surface area contributed by atoms with Crippen LogP contribution in [0, 0.1) is 5.92 Å². The Labute approximate surface area is 124 Å². The summed E-state index contributed by atoms with van der Waals surface area (Å²) in [4.78, 5) is 35.4. The van der Waals surface area contributed by atoms with Crippen LogP contribution < -0.4 is 11.1 Å². The number of carboxylic acid groups (broad SMARTS) is 1. The number of hydrogen-bond acceptors (Lipinski definition) is 3. The van der Waals surface area contributed by atoms with Gasteiger partial charge in [-0.1, -0.05) is 13.3 Å². The highest BCUT2D eigenvalue weighted by Crippen LogP contribution is 2.25. The van der Waals surface area contributed by atoms with Crippen molar-refractivity contribution >= 4 is 17.9 Å². The van der Waals surface area contributed by atoms with Crippen molar-refractivity contribution in [3.8, 4) is 0 Å². The maximum absolute atomic E-state index is 12.1. The quantitative estimate of drug-likeness (QED) is 0.607. The number of carboxylic acids is 1. The molecule has 2 atom stereocenters. The maximum Gasteiger partial charge on any atom is 0.326 e. The summed E-state index contributed by atoms with van der Waals surface area (Å²) in [5.74, 6) is -0.934. The molecule has 1 saturated heterocycles. The van der Waals surface area contributed by atoms with Crippen molar-refractivity contribution in [2.45, 2.75) is 51.5 Å². The molecule has 1 rings (SSSR count). The lowest BCUT2D eigenvalue weighted by Gasteiger charge is -2.36. The number of unbranched alkanes of at least 4 members (excludes halogenated alkanes) is 1. The Hall–Kier alpha value is -1.79. The van der Waals surface area contributed by atoms with E-state index in [0.717, 1.165) is 12.8 Å². The largest absolute Gasteiger partial charge is 0.480 e. The van der Waals surface area contributed by atoms with Crippen molar-refractivity contribution in [3.05, 3.63) is 0 Å². The van der Waals surface area contributed by atoms with Crippen LogP contribution in [0.4, 0.5) is 4.79 Å². The first-order valence-electron chi connectivity index (χ1n) is 7.51. The van der Waals surface area contributed by atoms with E-state index in [1.54, 1.807) is 0 Å². The number of carbonyl (C=O) groups is 3. The molecule has 1 heterocycles. The summed E-state index contributed by atoms with van der Waals surface area (Å²) in [6.45, 7) is 2.94. The van der Waals surface area contributed by atoms with Crippen molar-refractivity contribution in [2.24, 2.45) is 11.7 Å². The summed E-state index contributed by atoms with van der Waals surface area (Å²) >= 11 is 0. The second-order valence-corrected chi connectivity index (χ2v) is 5.50. The van der Waals surface area contributed by atoms with E-state index in [4.69, 9.17) is 5.73 Å². The number of piperidine rings is 1. The smallest absolute Gasteiger partial charge is 0.326 e. The first-order chi connectivity index (χ1) is 9.95. The van der Waals surface area contributed by atoms with Crippen LogP contribution in [0.2, 0.25) is 0 Å². The third-order valence-corrected chi connectivity index (χ3v) is 3.96. The lowest BCUT2D eigenvalue weighted by atomic mass is 9.89. The zero-order chi connectivity index (χ0) is 15.8. The number of nitrogens with one attached hydrogen (secondary N) is 1. The molecule has 0 aromatic heterocycles. The number of rotatable bonds is 7. The van der Waals surface area contributed by atoms with Crippen molar-refractivity contribution < 1.29 is 19.5 Å². The topological polar surface area (TPSA) is 113 Å². The Morgan fingerprint density at radius 2 is 2.05 bits per heavy atom. The van der Waals surface area contributed by atoms with Gasteiger partial charge in [0.15, 0.2) is 0 Å². The van der Waals surface area contributed by atoms with Crippen LogP contribution in [-0.4, -0.2) is 47.0 Å². The number of amides is 3. The Morgan fingerprint density at radius 1 is 1.33 bits per heavy atom. The van der Waals surface area contributed by atoms with Gasteiger partial charge in [-0.2, -0.15) is 0 Å². The van der Waals surface area contributed by atoms with Crippen molar-refractivity contribution in [2.75, 3.05) is 13.1 Å². The van der Waals surface area contributed by atoms with Gasteiger partial charge in [-0.05, 0) is 31.6 Å². The summed E-state index contributed by atoms with van der Waals surface area (Å²) in [5, 5.41) is 12.0. The summed E-state index contributed by atoms with van der Waals surface area (Å²) < 4.78 is 0. The molecule has 2 unspecified atom stereocenters. The fraction of sp³-hybridized carbons (Fsp3) is 0.786. The molecule has 0 radical (unpaired) electrons. The first kappa shape index (κ1) is 17.3. The standard InChI is InChI=1S/C14H25N3O4/c1-2-10-6-8-17(11(9-10)13(19)20)14(21)16-7-4-3-5-12(15)18/h10-11H,2-9H2,1H3,(H2,15,18)(H,16,21)(H,19,20). The van der Waals surface area contributed by atoms with E-state index in [0.29, 0.717) is 44.7 Å². The first-order valence-corrected chi connectivity index (χ1v) is 7.51. The minimum absolute atomic E-state index is 0.301. The van der Waals surface area contributed by atoms with Gasteiger partial charge < -0.3 is 21.1 Å². The minimum Gasteiger partial charge on any atom is -0.480 e. The van der Waals surface area contributed by atoms with Crippen LogP contribution >= 0.6 is 0 Å². The summed E-state index contributed by atoms with van der Waals surface area (Å²) in [7, 11) is 0. The molecule has 1 aliphatic rings. The number of nitrogens with zero attached hydrogens (tertiary/aromatic N) is 1. The molecular formula is C14H25N3O4. The summed E-state index contributed by atoms with van der Waals surface area (Å²) in [6.07, 6.45) is 3.87. The molecule has 0 aliphatic carbocycles. The van der Waals surface area contributed by atoms with E-state index >= 15 is 0 Å². The predicted octanol–water partition coefficient (Wildman–Crippen LogP) is 0.927. The van der Waals surface area contributed by atoms with E-state index in [-0.39, 0.29) is 11.9 Å². The fourth-order valence-electron chi connectivity index (χ4n) is 2.61. The molecule has 0 aromatic carbocycles. The molecule has 21 heavy (non-hydrogen) atoms. The van der Waals surface area contributed by atoms with Crippen molar-refractivity contribution in [1.82, 2.24) is 10.2 Å². The van der Waals surface area contributed by atoms with Gasteiger partial charge in [-0.25, -0.2) is 9.59 Å². The van der Waals surface area contributed by atoms with E-state index in [2.05, 4.69) is 5.32 Å². The highest BCUT2D eigenvalue weighted by molar-refractivity contribution is 5.82. The van der Waals surface area contributed by atoms with Gasteiger partial charge in [0.1, 0.15) is 6.04 Å². The van der Waals surface area contributed by atoms with Crippen LogP contribution in [0.15, 0.2) is 0 Å². The predicted molar refractivity (Wildman–Crippen MR) is 77.6 cm³/mol. The zero-order valence-electron chi connectivity index (χ0n) is 12.5.